The van der Waals surface area contributed by atoms with Crippen molar-refractivity contribution in [3.05, 3.63) is 58.4 Å². The highest BCUT2D eigenvalue weighted by Gasteiger charge is 2.09. The van der Waals surface area contributed by atoms with E-state index in [1.54, 1.807) is 10.3 Å². The van der Waals surface area contributed by atoms with E-state index >= 15 is 0 Å². The number of para-hydroxylation sites is 1. The molecule has 2 aliphatic rings. The van der Waals surface area contributed by atoms with E-state index in [4.69, 9.17) is 4.42 Å². The van der Waals surface area contributed by atoms with E-state index < -0.39 is 0 Å². The molecule has 0 amide bonds. The molecule has 1 aromatic carbocycles. The third-order valence-electron chi connectivity index (χ3n) is 2.17. The molecule has 0 saturated carbocycles. The van der Waals surface area contributed by atoms with Crippen LogP contribution in [0.4, 0.5) is 0 Å². The SMILES string of the molecule is c1ccc([O+]=c2ccc3nssc-3c2)cc1. The van der Waals surface area contributed by atoms with Gasteiger partial charge in [-0.2, -0.15) is 4.37 Å². The molecule has 0 unspecified atom stereocenters. The number of fused-ring (bicyclic) bond motifs is 1. The first-order valence-corrected chi connectivity index (χ1v) is 6.94. The maximum atomic E-state index is 5.74. The van der Waals surface area contributed by atoms with Gasteiger partial charge in [-0.15, -0.1) is 0 Å². The Morgan fingerprint density at radius 3 is 2.75 bits per heavy atom. The molecule has 0 aromatic heterocycles. The monoisotopic (exact) mass is 246 g/mol. The van der Waals surface area contributed by atoms with Crippen molar-refractivity contribution in [3.63, 3.8) is 0 Å². The van der Waals surface area contributed by atoms with Crippen LogP contribution in [0.25, 0.3) is 10.6 Å². The lowest BCUT2D eigenvalue weighted by Gasteiger charge is -1.86. The van der Waals surface area contributed by atoms with Crippen LogP contribution < -0.4 is 5.43 Å². The first-order valence-electron chi connectivity index (χ1n) is 4.83. The Kier molecular flexibility index (Phi) is 2.52. The Bertz CT molecular complexity index is 627. The molecule has 4 heteroatoms. The van der Waals surface area contributed by atoms with E-state index in [9.17, 15) is 0 Å². The topological polar surface area (TPSA) is 24.2 Å². The number of aromatic nitrogens is 1. The molecular weight excluding hydrogens is 238 g/mol. The number of benzene rings is 2. The van der Waals surface area contributed by atoms with Crippen LogP contribution in [0.1, 0.15) is 0 Å². The minimum Gasteiger partial charge on any atom is -0.208 e. The predicted octanol–water partition coefficient (Wildman–Crippen LogP) is 3.62. The van der Waals surface area contributed by atoms with Gasteiger partial charge in [0.1, 0.15) is 0 Å². The highest BCUT2D eigenvalue weighted by atomic mass is 32.9. The van der Waals surface area contributed by atoms with Gasteiger partial charge in [-0.05, 0) is 6.07 Å². The lowest BCUT2D eigenvalue weighted by atomic mass is 10.2. The second-order valence-corrected chi connectivity index (χ2v) is 5.18. The smallest absolute Gasteiger partial charge is 0.208 e. The fourth-order valence-electron chi connectivity index (χ4n) is 1.42. The molecule has 0 atom stereocenters. The maximum absolute atomic E-state index is 5.74. The van der Waals surface area contributed by atoms with Gasteiger partial charge in [0.15, 0.2) is 0 Å². The zero-order valence-corrected chi connectivity index (χ0v) is 9.92. The molecule has 0 radical (unpaired) electrons. The molecule has 0 spiro atoms. The summed E-state index contributed by atoms with van der Waals surface area (Å²) in [6, 6.07) is 15.7. The molecule has 0 bridgehead atoms. The molecule has 16 heavy (non-hydrogen) atoms. The normalized spacial score (nSPS) is 12.1. The maximum Gasteiger partial charge on any atom is 0.355 e. The van der Waals surface area contributed by atoms with E-state index in [1.165, 1.54) is 15.4 Å². The molecule has 1 heterocycles. The van der Waals surface area contributed by atoms with Crippen LogP contribution in [0.3, 0.4) is 0 Å². The fourth-order valence-corrected chi connectivity index (χ4v) is 3.20. The molecule has 0 saturated heterocycles. The third kappa shape index (κ3) is 1.89. The van der Waals surface area contributed by atoms with Crippen LogP contribution in [0, 0.1) is 0 Å². The van der Waals surface area contributed by atoms with Crippen molar-refractivity contribution in [2.45, 2.75) is 0 Å². The van der Waals surface area contributed by atoms with Crippen molar-refractivity contribution in [2.24, 2.45) is 0 Å². The lowest BCUT2D eigenvalue weighted by molar-refractivity contribution is 1.46. The zero-order chi connectivity index (χ0) is 10.8. The van der Waals surface area contributed by atoms with Crippen molar-refractivity contribution in [2.75, 3.05) is 0 Å². The summed E-state index contributed by atoms with van der Waals surface area (Å²) in [4.78, 5) is 1.17. The summed E-state index contributed by atoms with van der Waals surface area (Å²) in [6.07, 6.45) is 0. The van der Waals surface area contributed by atoms with Crippen molar-refractivity contribution < 1.29 is 0 Å². The standard InChI is InChI=1S/C12H8NOS2/c1-2-4-9(5-3-1)14-10-6-7-11-12(8-10)15-16-13-11/h1-8H/q+1. The average molecular weight is 246 g/mol. The summed E-state index contributed by atoms with van der Waals surface area (Å²) in [7, 11) is 3.17. The number of nitrogens with zero attached hydrogens (tertiary/aromatic N) is 1. The van der Waals surface area contributed by atoms with E-state index in [2.05, 4.69) is 4.37 Å². The molecule has 2 nitrogen and oxygen atoms in total. The lowest BCUT2D eigenvalue weighted by Crippen LogP contribution is -1.98. The van der Waals surface area contributed by atoms with Crippen molar-refractivity contribution in [1.29, 1.82) is 0 Å². The summed E-state index contributed by atoms with van der Waals surface area (Å²) >= 11 is 0. The minimum atomic E-state index is 0.857. The minimum absolute atomic E-state index is 0.857. The van der Waals surface area contributed by atoms with E-state index in [0.717, 1.165) is 16.9 Å². The van der Waals surface area contributed by atoms with Gasteiger partial charge in [0, 0.05) is 28.7 Å². The average Bonchev–Trinajstić information content (AvgIpc) is 2.77. The molecule has 0 fully saturated rings. The van der Waals surface area contributed by atoms with E-state index in [-0.39, 0.29) is 0 Å². The molecule has 3 rings (SSSR count). The second kappa shape index (κ2) is 4.15. The Hall–Kier alpha value is -1.52. The van der Waals surface area contributed by atoms with Crippen LogP contribution in [0.5, 0.6) is 5.75 Å². The molecule has 0 N–H and O–H groups in total. The van der Waals surface area contributed by atoms with Crippen LogP contribution in [0.2, 0.25) is 0 Å². The summed E-state index contributed by atoms with van der Waals surface area (Å²) in [5.74, 6) is 0.857. The number of hydrogen-bond acceptors (Lipinski definition) is 3. The Labute approximate surface area is 100 Å². The fraction of sp³-hybridized carbons (Fsp3) is 0. The molecular formula is C12H8NOS2+. The summed E-state index contributed by atoms with van der Waals surface area (Å²) in [5, 5.41) is 0. The van der Waals surface area contributed by atoms with Crippen molar-refractivity contribution in [3.8, 4) is 16.3 Å². The van der Waals surface area contributed by atoms with E-state index in [1.807, 2.05) is 48.5 Å². The molecule has 1 aliphatic carbocycles. The quantitative estimate of drug-likeness (QED) is 0.475. The van der Waals surface area contributed by atoms with Crippen LogP contribution >= 0.6 is 20.9 Å². The first-order chi connectivity index (χ1) is 7.92. The molecule has 78 valence electrons. The van der Waals surface area contributed by atoms with Gasteiger partial charge >= 0.3 is 11.2 Å². The summed E-state index contributed by atoms with van der Waals surface area (Å²) in [6.45, 7) is 0. The summed E-state index contributed by atoms with van der Waals surface area (Å²) < 4.78 is 10.0. The largest absolute Gasteiger partial charge is 0.355 e. The molecule has 1 aromatic rings. The predicted molar refractivity (Wildman–Crippen MR) is 68.8 cm³/mol. The zero-order valence-electron chi connectivity index (χ0n) is 8.29. The highest BCUT2D eigenvalue weighted by Crippen LogP contribution is 2.26. The van der Waals surface area contributed by atoms with E-state index in [0.29, 0.717) is 0 Å². The van der Waals surface area contributed by atoms with Gasteiger partial charge in [0.25, 0.3) is 0 Å². The first kappa shape index (κ1) is 9.69. The molecule has 1 aliphatic heterocycles. The van der Waals surface area contributed by atoms with Gasteiger partial charge in [-0.1, -0.05) is 28.5 Å². The van der Waals surface area contributed by atoms with Gasteiger partial charge in [0.05, 0.1) is 16.6 Å². The van der Waals surface area contributed by atoms with Crippen molar-refractivity contribution >= 4 is 20.9 Å². The van der Waals surface area contributed by atoms with Gasteiger partial charge < -0.3 is 0 Å². The highest BCUT2D eigenvalue weighted by molar-refractivity contribution is 7.68. The van der Waals surface area contributed by atoms with Gasteiger partial charge in [-0.3, -0.25) is 0 Å². The number of rotatable bonds is 1. The van der Waals surface area contributed by atoms with Gasteiger partial charge in [0.2, 0.25) is 0 Å². The Morgan fingerprint density at radius 1 is 1.00 bits per heavy atom. The van der Waals surface area contributed by atoms with Crippen LogP contribution in [-0.2, 0) is 0 Å². The Morgan fingerprint density at radius 2 is 1.88 bits per heavy atom. The van der Waals surface area contributed by atoms with Crippen molar-refractivity contribution in [1.82, 2.24) is 4.37 Å². The summed E-state index contributed by atoms with van der Waals surface area (Å²) in [5.41, 5.74) is 1.89. The second-order valence-electron chi connectivity index (χ2n) is 3.29. The van der Waals surface area contributed by atoms with Crippen LogP contribution in [-0.4, -0.2) is 4.37 Å². The van der Waals surface area contributed by atoms with Crippen LogP contribution in [0.15, 0.2) is 53.0 Å². The van der Waals surface area contributed by atoms with Gasteiger partial charge in [-0.25, -0.2) is 4.42 Å². The third-order valence-corrected chi connectivity index (χ3v) is 4.01. The Balaban J connectivity index is 2.13. The number of hydrogen-bond donors (Lipinski definition) is 0.